The quantitative estimate of drug-likeness (QED) is 0.541. The van der Waals surface area contributed by atoms with Crippen molar-refractivity contribution in [1.82, 2.24) is 9.78 Å². The van der Waals surface area contributed by atoms with Gasteiger partial charge in [-0.15, -0.1) is 0 Å². The predicted molar refractivity (Wildman–Crippen MR) is 102 cm³/mol. The molecule has 0 saturated heterocycles. The van der Waals surface area contributed by atoms with Crippen molar-refractivity contribution in [3.63, 3.8) is 0 Å². The van der Waals surface area contributed by atoms with Gasteiger partial charge in [0.05, 0.1) is 27.4 Å². The highest BCUT2D eigenvalue weighted by Crippen LogP contribution is 2.42. The van der Waals surface area contributed by atoms with Crippen molar-refractivity contribution in [2.75, 3.05) is 0 Å². The highest BCUT2D eigenvalue weighted by molar-refractivity contribution is 5.89. The standard InChI is InChI=1S/C20H14FN5O3/c1-11-17-18(12-3-2-4-15(9-12)26(27)28)16(10-22)19(23)29-20(17)25(24-11)14-7-5-13(21)6-8-14/h2-9,19H,23H2,1H3. The Morgan fingerprint density at radius 2 is 2.03 bits per heavy atom. The minimum atomic E-state index is -1.09. The number of non-ortho nitro benzene ring substituents is 1. The molecule has 1 aromatic heterocycles. The molecule has 8 nitrogen and oxygen atoms in total. The van der Waals surface area contributed by atoms with Gasteiger partial charge < -0.3 is 4.74 Å². The minimum Gasteiger partial charge on any atom is -0.453 e. The highest BCUT2D eigenvalue weighted by Gasteiger charge is 2.33. The summed E-state index contributed by atoms with van der Waals surface area (Å²) in [5.74, 6) is -0.116. The van der Waals surface area contributed by atoms with E-state index in [9.17, 15) is 19.8 Å². The van der Waals surface area contributed by atoms with Crippen LogP contribution in [-0.4, -0.2) is 20.9 Å². The molecule has 1 atom stereocenters. The summed E-state index contributed by atoms with van der Waals surface area (Å²) in [5.41, 5.74) is 8.56. The summed E-state index contributed by atoms with van der Waals surface area (Å²) in [7, 11) is 0. The molecule has 0 saturated carbocycles. The van der Waals surface area contributed by atoms with E-state index < -0.39 is 17.0 Å². The van der Waals surface area contributed by atoms with Crippen molar-refractivity contribution in [3.8, 4) is 17.6 Å². The first-order valence-electron chi connectivity index (χ1n) is 8.58. The van der Waals surface area contributed by atoms with Gasteiger partial charge >= 0.3 is 0 Å². The van der Waals surface area contributed by atoms with Crippen LogP contribution in [0.1, 0.15) is 16.8 Å². The number of nitro benzene ring substituents is 1. The van der Waals surface area contributed by atoms with Crippen LogP contribution >= 0.6 is 0 Å². The minimum absolute atomic E-state index is 0.113. The van der Waals surface area contributed by atoms with Gasteiger partial charge in [0.15, 0.2) is 6.23 Å². The molecule has 1 aliphatic heterocycles. The van der Waals surface area contributed by atoms with Crippen LogP contribution in [0.5, 0.6) is 5.88 Å². The molecule has 2 aromatic carbocycles. The summed E-state index contributed by atoms with van der Waals surface area (Å²) in [6, 6.07) is 13.6. The number of benzene rings is 2. The Balaban J connectivity index is 1.98. The van der Waals surface area contributed by atoms with Gasteiger partial charge in [0.25, 0.3) is 5.69 Å². The number of hydrogen-bond donors (Lipinski definition) is 1. The van der Waals surface area contributed by atoms with E-state index in [4.69, 9.17) is 10.5 Å². The molecule has 29 heavy (non-hydrogen) atoms. The van der Waals surface area contributed by atoms with Gasteiger partial charge in [0.2, 0.25) is 5.88 Å². The second kappa shape index (κ2) is 6.85. The highest BCUT2D eigenvalue weighted by atomic mass is 19.1. The molecule has 0 radical (unpaired) electrons. The largest absolute Gasteiger partial charge is 0.453 e. The van der Waals surface area contributed by atoms with Crippen LogP contribution in [0.3, 0.4) is 0 Å². The third-order valence-electron chi connectivity index (χ3n) is 4.60. The van der Waals surface area contributed by atoms with Crippen LogP contribution in [0.25, 0.3) is 11.3 Å². The van der Waals surface area contributed by atoms with Crippen LogP contribution in [0.4, 0.5) is 10.1 Å². The predicted octanol–water partition coefficient (Wildman–Crippen LogP) is 3.23. The number of nitrogens with two attached hydrogens (primary N) is 1. The Morgan fingerprint density at radius 1 is 1.31 bits per heavy atom. The Kier molecular flexibility index (Phi) is 4.33. The van der Waals surface area contributed by atoms with Gasteiger partial charge in [-0.25, -0.2) is 9.07 Å². The Labute approximate surface area is 164 Å². The lowest BCUT2D eigenvalue weighted by atomic mass is 9.91. The van der Waals surface area contributed by atoms with E-state index in [1.54, 1.807) is 13.0 Å². The number of rotatable bonds is 3. The van der Waals surface area contributed by atoms with Crippen LogP contribution in [0.2, 0.25) is 0 Å². The van der Waals surface area contributed by atoms with Crippen LogP contribution < -0.4 is 10.5 Å². The number of nitro groups is 1. The molecule has 3 aromatic rings. The first-order valence-corrected chi connectivity index (χ1v) is 8.58. The molecule has 9 heteroatoms. The van der Waals surface area contributed by atoms with E-state index in [1.165, 1.54) is 47.1 Å². The molecule has 2 heterocycles. The van der Waals surface area contributed by atoms with Gasteiger partial charge in [-0.3, -0.25) is 15.8 Å². The maximum absolute atomic E-state index is 13.3. The molecule has 1 aliphatic rings. The number of fused-ring (bicyclic) bond motifs is 1. The monoisotopic (exact) mass is 391 g/mol. The van der Waals surface area contributed by atoms with Crippen molar-refractivity contribution in [1.29, 1.82) is 5.26 Å². The molecule has 0 amide bonds. The summed E-state index contributed by atoms with van der Waals surface area (Å²) in [6.45, 7) is 1.73. The topological polar surface area (TPSA) is 120 Å². The number of halogens is 1. The average Bonchev–Trinajstić information content (AvgIpc) is 3.03. The maximum Gasteiger partial charge on any atom is 0.270 e. The third kappa shape index (κ3) is 3.01. The van der Waals surface area contributed by atoms with Gasteiger partial charge in [-0.2, -0.15) is 10.4 Å². The number of aryl methyl sites for hydroxylation is 1. The van der Waals surface area contributed by atoms with Crippen molar-refractivity contribution in [2.45, 2.75) is 13.2 Å². The molecule has 0 aliphatic carbocycles. The van der Waals surface area contributed by atoms with Crippen LogP contribution in [0, 0.1) is 34.2 Å². The first-order chi connectivity index (χ1) is 13.9. The Bertz CT molecular complexity index is 1210. The SMILES string of the molecule is Cc1nn(-c2ccc(F)cc2)c2c1C(c1cccc([N+](=O)[O-])c1)=C(C#N)C(N)O2. The molecule has 144 valence electrons. The van der Waals surface area contributed by atoms with E-state index >= 15 is 0 Å². The van der Waals surface area contributed by atoms with Crippen molar-refractivity contribution < 1.29 is 14.1 Å². The average molecular weight is 391 g/mol. The lowest BCUT2D eigenvalue weighted by Gasteiger charge is -2.24. The van der Waals surface area contributed by atoms with Crippen molar-refractivity contribution >= 4 is 11.3 Å². The third-order valence-corrected chi connectivity index (χ3v) is 4.60. The molecular weight excluding hydrogens is 377 g/mol. The van der Waals surface area contributed by atoms with E-state index in [2.05, 4.69) is 5.10 Å². The van der Waals surface area contributed by atoms with Gasteiger partial charge in [-0.1, -0.05) is 12.1 Å². The maximum atomic E-state index is 13.3. The normalized spacial score (nSPS) is 15.4. The van der Waals surface area contributed by atoms with Crippen LogP contribution in [0.15, 0.2) is 54.1 Å². The first kappa shape index (κ1) is 18.3. The molecule has 2 N–H and O–H groups in total. The summed E-state index contributed by atoms with van der Waals surface area (Å²) in [5, 5.41) is 25.3. The molecular formula is C20H14FN5O3. The van der Waals surface area contributed by atoms with Gasteiger partial charge in [0.1, 0.15) is 11.9 Å². The lowest BCUT2D eigenvalue weighted by Crippen LogP contribution is -2.33. The van der Waals surface area contributed by atoms with Crippen LogP contribution in [-0.2, 0) is 0 Å². The van der Waals surface area contributed by atoms with Crippen molar-refractivity contribution in [3.05, 3.63) is 86.9 Å². The summed E-state index contributed by atoms with van der Waals surface area (Å²) in [4.78, 5) is 10.7. The molecule has 0 bridgehead atoms. The zero-order valence-corrected chi connectivity index (χ0v) is 15.2. The molecule has 1 unspecified atom stereocenters. The Morgan fingerprint density at radius 3 is 2.69 bits per heavy atom. The zero-order chi connectivity index (χ0) is 20.7. The zero-order valence-electron chi connectivity index (χ0n) is 15.2. The fourth-order valence-electron chi connectivity index (χ4n) is 3.31. The number of ether oxygens (including phenoxy) is 1. The second-order valence-electron chi connectivity index (χ2n) is 6.40. The summed E-state index contributed by atoms with van der Waals surface area (Å²) in [6.07, 6.45) is -1.09. The molecule has 0 fully saturated rings. The molecule has 4 rings (SSSR count). The smallest absolute Gasteiger partial charge is 0.270 e. The summed E-state index contributed by atoms with van der Waals surface area (Å²) >= 11 is 0. The second-order valence-corrected chi connectivity index (χ2v) is 6.40. The summed E-state index contributed by atoms with van der Waals surface area (Å²) < 4.78 is 20.6. The molecule has 0 spiro atoms. The van der Waals surface area contributed by atoms with E-state index in [0.717, 1.165) is 0 Å². The van der Waals surface area contributed by atoms with E-state index in [0.29, 0.717) is 28.1 Å². The fraction of sp³-hybridized carbons (Fsp3) is 0.100. The van der Waals surface area contributed by atoms with Crippen molar-refractivity contribution in [2.24, 2.45) is 5.73 Å². The fourth-order valence-corrected chi connectivity index (χ4v) is 3.31. The van der Waals surface area contributed by atoms with E-state index in [1.807, 2.05) is 6.07 Å². The number of hydrogen-bond acceptors (Lipinski definition) is 6. The number of nitrogens with zero attached hydrogens (tertiary/aromatic N) is 4. The van der Waals surface area contributed by atoms with Gasteiger partial charge in [0, 0.05) is 17.7 Å². The number of aromatic nitrogens is 2. The number of nitriles is 1. The Hall–Kier alpha value is -4.03. The van der Waals surface area contributed by atoms with Gasteiger partial charge in [-0.05, 0) is 36.8 Å². The lowest BCUT2D eigenvalue weighted by molar-refractivity contribution is -0.384. The van der Waals surface area contributed by atoms with E-state index in [-0.39, 0.29) is 17.1 Å².